The second kappa shape index (κ2) is 17.6. The number of amides is 2. The molecule has 8 atom stereocenters. The van der Waals surface area contributed by atoms with Crippen LogP contribution in [0.1, 0.15) is 29.6 Å². The van der Waals surface area contributed by atoms with Crippen LogP contribution in [-0.2, 0) is 28.7 Å². The summed E-state index contributed by atoms with van der Waals surface area (Å²) < 4.78 is 10.8. The van der Waals surface area contributed by atoms with Crippen molar-refractivity contribution < 1.29 is 74.0 Å². The Morgan fingerprint density at radius 3 is 2.26 bits per heavy atom. The standard InChI is InChI=1S/C26H36N4O15S/c27-11(24(40)41)4-5-17(33)30-12(23(39)29-7-18(34)35)9-46-16(25(42)43)6-13(32)10-2-1-3-14(19(10)28)44-26-22(38)21(37)20(36)15(8-31)45-26/h1-3,11-12,15-16,20-22,26,31,36-38H,4-9,27-28H2,(H,29,39)(H,30,33)(H,34,35)(H,40,41)(H,42,43)/t11-,12-,15+,16-,20+,21-,22+,26+/m0/s1. The largest absolute Gasteiger partial charge is 0.480 e. The number of hydrogen-bond acceptors (Lipinski definition) is 15. The molecule has 2 rings (SSSR count). The van der Waals surface area contributed by atoms with E-state index in [2.05, 4.69) is 10.6 Å². The van der Waals surface area contributed by atoms with Gasteiger partial charge >= 0.3 is 17.9 Å². The average molecular weight is 677 g/mol. The third-order valence-corrected chi connectivity index (χ3v) is 7.93. The minimum atomic E-state index is -1.78. The van der Waals surface area contributed by atoms with Crippen LogP contribution in [0.5, 0.6) is 5.75 Å². The molecule has 2 amide bonds. The Balaban J connectivity index is 2.15. The van der Waals surface area contributed by atoms with Crippen molar-refractivity contribution in [3.63, 3.8) is 0 Å². The summed E-state index contributed by atoms with van der Waals surface area (Å²) in [5, 5.41) is 69.9. The fourth-order valence-corrected chi connectivity index (χ4v) is 5.10. The Bertz CT molecular complexity index is 1280. The number of nitrogens with two attached hydrogens (primary N) is 2. The number of ether oxygens (including phenoxy) is 2. The van der Waals surface area contributed by atoms with Crippen LogP contribution in [0.4, 0.5) is 5.69 Å². The highest BCUT2D eigenvalue weighted by atomic mass is 32.2. The average Bonchev–Trinajstić information content (AvgIpc) is 3.00. The summed E-state index contributed by atoms with van der Waals surface area (Å²) in [7, 11) is 0. The number of rotatable bonds is 18. The summed E-state index contributed by atoms with van der Waals surface area (Å²) in [4.78, 5) is 71.8. The molecule has 1 heterocycles. The zero-order valence-corrected chi connectivity index (χ0v) is 24.9. The summed E-state index contributed by atoms with van der Waals surface area (Å²) in [5.41, 5.74) is 11.0. The number of carboxylic acids is 3. The van der Waals surface area contributed by atoms with E-state index in [4.69, 9.17) is 31.2 Å². The van der Waals surface area contributed by atoms with Crippen LogP contribution < -0.4 is 26.8 Å². The Labute approximate surface area is 264 Å². The zero-order valence-electron chi connectivity index (χ0n) is 24.1. The fraction of sp³-hybridized carbons (Fsp3) is 0.538. The van der Waals surface area contributed by atoms with E-state index in [-0.39, 0.29) is 23.4 Å². The molecule has 0 unspecified atom stereocenters. The number of aliphatic carboxylic acids is 3. The van der Waals surface area contributed by atoms with Gasteiger partial charge in [-0.3, -0.25) is 28.8 Å². The Kier molecular flexibility index (Phi) is 14.6. The van der Waals surface area contributed by atoms with Gasteiger partial charge in [0.25, 0.3) is 0 Å². The van der Waals surface area contributed by atoms with Crippen molar-refractivity contribution in [2.24, 2.45) is 5.73 Å². The van der Waals surface area contributed by atoms with E-state index < -0.39 is 115 Å². The minimum Gasteiger partial charge on any atom is -0.480 e. The molecule has 1 saturated heterocycles. The van der Waals surface area contributed by atoms with Crippen molar-refractivity contribution in [3.05, 3.63) is 23.8 Å². The molecule has 0 bridgehead atoms. The predicted molar refractivity (Wildman–Crippen MR) is 156 cm³/mol. The van der Waals surface area contributed by atoms with Gasteiger partial charge < -0.3 is 67.3 Å². The zero-order chi connectivity index (χ0) is 34.7. The molecule has 0 spiro atoms. The third-order valence-electron chi connectivity index (χ3n) is 6.63. The van der Waals surface area contributed by atoms with E-state index in [0.29, 0.717) is 11.8 Å². The van der Waals surface area contributed by atoms with Crippen molar-refractivity contribution in [1.82, 2.24) is 10.6 Å². The van der Waals surface area contributed by atoms with Gasteiger partial charge in [0.2, 0.25) is 18.1 Å². The number of nitrogens with one attached hydrogen (secondary N) is 2. The molecule has 13 N–H and O–H groups in total. The maximum atomic E-state index is 13.1. The molecule has 1 aliphatic heterocycles. The first kappa shape index (κ1) is 38.1. The maximum Gasteiger partial charge on any atom is 0.322 e. The van der Waals surface area contributed by atoms with Crippen LogP contribution in [0, 0.1) is 0 Å². The van der Waals surface area contributed by atoms with E-state index in [1.807, 2.05) is 0 Å². The molecule has 1 aromatic carbocycles. The first-order valence-corrected chi connectivity index (χ1v) is 14.6. The lowest BCUT2D eigenvalue weighted by atomic mass is 9.99. The molecule has 1 aliphatic rings. The predicted octanol–water partition coefficient (Wildman–Crippen LogP) is -3.92. The number of aliphatic hydroxyl groups is 4. The molecule has 1 fully saturated rings. The molecule has 46 heavy (non-hydrogen) atoms. The number of benzene rings is 1. The van der Waals surface area contributed by atoms with Crippen molar-refractivity contribution in [1.29, 1.82) is 0 Å². The SMILES string of the molecule is Nc1c(O[C@@H]2O[C@H](CO)[C@@H](O)[C@H](O)[C@H]2O)cccc1C(=O)C[C@H](SC[C@H](NC(=O)CC[C@H](N)C(=O)O)C(=O)NCC(=O)O)C(=O)O. The molecular weight excluding hydrogens is 640 g/mol. The molecule has 1 aromatic rings. The van der Waals surface area contributed by atoms with Crippen LogP contribution in [0.15, 0.2) is 18.2 Å². The molecule has 0 aliphatic carbocycles. The normalized spacial score (nSPS) is 22.9. The van der Waals surface area contributed by atoms with Crippen LogP contribution in [0.2, 0.25) is 0 Å². The lowest BCUT2D eigenvalue weighted by molar-refractivity contribution is -0.277. The van der Waals surface area contributed by atoms with E-state index in [9.17, 15) is 54.3 Å². The van der Waals surface area contributed by atoms with Crippen molar-refractivity contribution in [2.75, 3.05) is 24.6 Å². The topological polar surface area (TPSA) is 339 Å². The Morgan fingerprint density at radius 1 is 1.00 bits per heavy atom. The second-order valence-corrected chi connectivity index (χ2v) is 11.3. The first-order valence-electron chi connectivity index (χ1n) is 13.6. The highest BCUT2D eigenvalue weighted by Crippen LogP contribution is 2.31. The molecule has 20 heteroatoms. The van der Waals surface area contributed by atoms with Gasteiger partial charge in [-0.25, -0.2) is 0 Å². The Hall–Kier alpha value is -4.05. The number of nitrogen functional groups attached to an aromatic ring is 1. The van der Waals surface area contributed by atoms with Crippen molar-refractivity contribution >= 4 is 53.0 Å². The summed E-state index contributed by atoms with van der Waals surface area (Å²) >= 11 is 0.574. The van der Waals surface area contributed by atoms with Crippen molar-refractivity contribution in [3.8, 4) is 5.75 Å². The molecule has 256 valence electrons. The van der Waals surface area contributed by atoms with Crippen LogP contribution in [0.25, 0.3) is 0 Å². The molecule has 0 radical (unpaired) electrons. The van der Waals surface area contributed by atoms with E-state index in [0.717, 1.165) is 0 Å². The number of ketones is 1. The van der Waals surface area contributed by atoms with E-state index >= 15 is 0 Å². The quantitative estimate of drug-likeness (QED) is 0.0522. The highest BCUT2D eigenvalue weighted by Gasteiger charge is 2.45. The van der Waals surface area contributed by atoms with Gasteiger partial charge in [-0.2, -0.15) is 0 Å². The number of hydrogen-bond donors (Lipinski definition) is 11. The number of para-hydroxylation sites is 1. The third kappa shape index (κ3) is 10.8. The highest BCUT2D eigenvalue weighted by molar-refractivity contribution is 8.00. The van der Waals surface area contributed by atoms with Gasteiger partial charge in [0.1, 0.15) is 54.0 Å². The first-order chi connectivity index (χ1) is 21.6. The van der Waals surface area contributed by atoms with Gasteiger partial charge in [-0.1, -0.05) is 6.07 Å². The van der Waals surface area contributed by atoms with Crippen LogP contribution in [-0.4, -0.2) is 138 Å². The fourth-order valence-electron chi connectivity index (χ4n) is 4.03. The number of carbonyl (C=O) groups is 6. The number of carbonyl (C=O) groups excluding carboxylic acids is 3. The maximum absolute atomic E-state index is 13.1. The molecule has 19 nitrogen and oxygen atoms in total. The van der Waals surface area contributed by atoms with E-state index in [1.54, 1.807) is 0 Å². The molecule has 0 aromatic heterocycles. The molecular formula is C26H36N4O15S. The van der Waals surface area contributed by atoms with Crippen LogP contribution >= 0.6 is 11.8 Å². The smallest absolute Gasteiger partial charge is 0.322 e. The number of aliphatic hydroxyl groups excluding tert-OH is 4. The van der Waals surface area contributed by atoms with Gasteiger partial charge in [0, 0.05) is 24.2 Å². The number of Topliss-reactive ketones (excluding diaryl/α,β-unsaturated/α-hetero) is 1. The van der Waals surface area contributed by atoms with Gasteiger partial charge in [0.15, 0.2) is 5.78 Å². The minimum absolute atomic E-state index is 0.201. The van der Waals surface area contributed by atoms with Crippen LogP contribution in [0.3, 0.4) is 0 Å². The second-order valence-electron chi connectivity index (χ2n) is 10.0. The Morgan fingerprint density at radius 2 is 1.67 bits per heavy atom. The van der Waals surface area contributed by atoms with Gasteiger partial charge in [-0.05, 0) is 18.6 Å². The van der Waals surface area contributed by atoms with Gasteiger partial charge in [-0.15, -0.1) is 11.8 Å². The summed E-state index contributed by atoms with van der Waals surface area (Å²) in [6.45, 7) is -1.54. The summed E-state index contributed by atoms with van der Waals surface area (Å²) in [5.74, 6) is -7.49. The number of thioether (sulfide) groups is 1. The van der Waals surface area contributed by atoms with Gasteiger partial charge in [0.05, 0.1) is 12.3 Å². The molecule has 0 saturated carbocycles. The van der Waals surface area contributed by atoms with E-state index in [1.165, 1.54) is 18.2 Å². The van der Waals surface area contributed by atoms with Crippen molar-refractivity contribution in [2.45, 2.75) is 67.3 Å². The number of anilines is 1. The lowest BCUT2D eigenvalue weighted by Crippen LogP contribution is -2.60. The number of carboxylic acid groups (broad SMARTS) is 3. The summed E-state index contributed by atoms with van der Waals surface area (Å²) in [6.07, 6.45) is -9.47. The summed E-state index contributed by atoms with van der Waals surface area (Å²) in [6, 6.07) is 1.01. The monoisotopic (exact) mass is 676 g/mol. The lowest BCUT2D eigenvalue weighted by Gasteiger charge is -2.39.